The van der Waals surface area contributed by atoms with E-state index < -0.39 is 0 Å². The van der Waals surface area contributed by atoms with Crippen molar-refractivity contribution in [1.82, 2.24) is 14.7 Å². The van der Waals surface area contributed by atoms with Crippen molar-refractivity contribution in [2.24, 2.45) is 0 Å². The quantitative estimate of drug-likeness (QED) is 0.291. The second kappa shape index (κ2) is 12.0. The van der Waals surface area contributed by atoms with Crippen LogP contribution < -0.4 is 10.6 Å². The van der Waals surface area contributed by atoms with Crippen LogP contribution in [0.4, 0.5) is 20.7 Å². The van der Waals surface area contributed by atoms with Gasteiger partial charge in [0.25, 0.3) is 0 Å². The minimum absolute atomic E-state index is 0.136. The molecule has 0 aliphatic rings. The molecule has 1 aromatic heterocycles. The highest BCUT2D eigenvalue weighted by Gasteiger charge is 2.19. The summed E-state index contributed by atoms with van der Waals surface area (Å²) in [6.45, 7) is 4.28. The second-order valence-electron chi connectivity index (χ2n) is 8.62. The molecule has 4 rings (SSSR count). The number of halogens is 1. The average molecular weight is 500 g/mol. The fraction of sp³-hybridized carbons (Fsp3) is 0.207. The van der Waals surface area contributed by atoms with Gasteiger partial charge in [-0.25, -0.2) is 13.9 Å². The molecular formula is C29H30FN5O2. The Hall–Kier alpha value is -4.46. The van der Waals surface area contributed by atoms with E-state index in [1.165, 1.54) is 17.0 Å². The highest BCUT2D eigenvalue weighted by Crippen LogP contribution is 2.25. The van der Waals surface area contributed by atoms with E-state index in [-0.39, 0.29) is 24.3 Å². The lowest BCUT2D eigenvalue weighted by atomic mass is 10.1. The molecule has 0 aliphatic carbocycles. The number of anilines is 2. The highest BCUT2D eigenvalue weighted by molar-refractivity contribution is 5.97. The number of nitrogens with zero attached hydrogens (tertiary/aromatic N) is 3. The number of hydrogen-bond acceptors (Lipinski definition) is 3. The topological polar surface area (TPSA) is 79.3 Å². The van der Waals surface area contributed by atoms with Crippen molar-refractivity contribution in [3.05, 3.63) is 96.3 Å². The largest absolute Gasteiger partial charge is 0.322 e. The van der Waals surface area contributed by atoms with Crippen molar-refractivity contribution in [2.45, 2.75) is 26.7 Å². The molecule has 0 unspecified atom stereocenters. The van der Waals surface area contributed by atoms with Crippen molar-refractivity contribution in [3.63, 3.8) is 0 Å². The number of rotatable bonds is 9. The lowest BCUT2D eigenvalue weighted by Gasteiger charge is -2.22. The van der Waals surface area contributed by atoms with E-state index in [1.807, 2.05) is 61.5 Å². The van der Waals surface area contributed by atoms with E-state index in [0.717, 1.165) is 17.5 Å². The maximum atomic E-state index is 13.5. The second-order valence-corrected chi connectivity index (χ2v) is 8.62. The van der Waals surface area contributed by atoms with Gasteiger partial charge in [-0.15, -0.1) is 0 Å². The average Bonchev–Trinajstić information content (AvgIpc) is 3.33. The maximum absolute atomic E-state index is 13.5. The van der Waals surface area contributed by atoms with E-state index in [4.69, 9.17) is 0 Å². The van der Waals surface area contributed by atoms with Crippen LogP contribution in [0.5, 0.6) is 0 Å². The Balaban J connectivity index is 1.54. The minimum atomic E-state index is -0.367. The Morgan fingerprint density at radius 2 is 1.68 bits per heavy atom. The SMILES string of the molecule is CCCN(CC(=O)Nc1cc(-c2ccccc2)nn1-c1ccc(F)cc1)C(=O)Nc1cccc(CC)c1. The fourth-order valence-electron chi connectivity index (χ4n) is 3.95. The van der Waals surface area contributed by atoms with Crippen molar-refractivity contribution in [1.29, 1.82) is 0 Å². The van der Waals surface area contributed by atoms with Gasteiger partial charge < -0.3 is 15.5 Å². The molecule has 4 aromatic rings. The Bertz CT molecular complexity index is 1350. The number of amides is 3. The van der Waals surface area contributed by atoms with E-state index in [2.05, 4.69) is 22.7 Å². The molecule has 0 spiro atoms. The van der Waals surface area contributed by atoms with Gasteiger partial charge >= 0.3 is 6.03 Å². The van der Waals surface area contributed by atoms with Crippen LogP contribution >= 0.6 is 0 Å². The molecule has 0 radical (unpaired) electrons. The first-order valence-corrected chi connectivity index (χ1v) is 12.3. The number of carbonyl (C=O) groups is 2. The summed E-state index contributed by atoms with van der Waals surface area (Å²) in [4.78, 5) is 27.6. The third-order valence-corrected chi connectivity index (χ3v) is 5.82. The van der Waals surface area contributed by atoms with Gasteiger partial charge in [-0.05, 0) is 54.8 Å². The molecule has 1 heterocycles. The number of benzene rings is 3. The van der Waals surface area contributed by atoms with Crippen LogP contribution in [0.1, 0.15) is 25.8 Å². The first kappa shape index (κ1) is 25.6. The van der Waals surface area contributed by atoms with Crippen molar-refractivity contribution in [2.75, 3.05) is 23.7 Å². The van der Waals surface area contributed by atoms with Crippen LogP contribution in [-0.2, 0) is 11.2 Å². The van der Waals surface area contributed by atoms with Gasteiger partial charge in [0.15, 0.2) is 0 Å². The highest BCUT2D eigenvalue weighted by atomic mass is 19.1. The molecule has 2 N–H and O–H groups in total. The zero-order valence-electron chi connectivity index (χ0n) is 20.9. The molecule has 0 bridgehead atoms. The number of aryl methyl sites for hydroxylation is 1. The Kier molecular flexibility index (Phi) is 8.30. The molecule has 190 valence electrons. The number of hydrogen-bond donors (Lipinski definition) is 2. The summed E-state index contributed by atoms with van der Waals surface area (Å²) in [6, 6.07) is 24.5. The standard InChI is InChI=1S/C29H30FN5O2/c1-3-17-34(29(37)31-24-12-8-9-21(4-2)18-24)20-28(36)32-27-19-26(22-10-6-5-7-11-22)33-35(27)25-15-13-23(30)14-16-25/h5-16,18-19H,3-4,17,20H2,1-2H3,(H,31,37)(H,32,36). The number of aromatic nitrogens is 2. The molecule has 37 heavy (non-hydrogen) atoms. The van der Waals surface area contributed by atoms with Gasteiger partial charge in [-0.1, -0.05) is 56.3 Å². The third-order valence-electron chi connectivity index (χ3n) is 5.82. The summed E-state index contributed by atoms with van der Waals surface area (Å²) in [5.41, 5.74) is 3.92. The van der Waals surface area contributed by atoms with Crippen molar-refractivity contribution in [3.8, 4) is 16.9 Å². The third kappa shape index (κ3) is 6.61. The normalized spacial score (nSPS) is 10.7. The Morgan fingerprint density at radius 3 is 2.38 bits per heavy atom. The van der Waals surface area contributed by atoms with Gasteiger partial charge in [0.05, 0.1) is 11.4 Å². The van der Waals surface area contributed by atoms with Gasteiger partial charge in [0.1, 0.15) is 18.2 Å². The molecule has 7 nitrogen and oxygen atoms in total. The van der Waals surface area contributed by atoms with Crippen LogP contribution in [0.25, 0.3) is 16.9 Å². The van der Waals surface area contributed by atoms with E-state index in [1.54, 1.807) is 22.9 Å². The van der Waals surface area contributed by atoms with Gasteiger partial charge in [0.2, 0.25) is 5.91 Å². The Labute approximate surface area is 215 Å². The summed E-state index contributed by atoms with van der Waals surface area (Å²) in [5, 5.41) is 10.4. The number of carbonyl (C=O) groups excluding carboxylic acids is 2. The van der Waals surface area contributed by atoms with Crippen LogP contribution in [-0.4, -0.2) is 39.7 Å². The lowest BCUT2D eigenvalue weighted by molar-refractivity contribution is -0.116. The lowest BCUT2D eigenvalue weighted by Crippen LogP contribution is -2.41. The van der Waals surface area contributed by atoms with Gasteiger partial charge in [-0.2, -0.15) is 5.10 Å². The predicted molar refractivity (Wildman–Crippen MR) is 144 cm³/mol. The van der Waals surface area contributed by atoms with Gasteiger partial charge in [0, 0.05) is 23.9 Å². The van der Waals surface area contributed by atoms with E-state index >= 15 is 0 Å². The first-order valence-electron chi connectivity index (χ1n) is 12.3. The van der Waals surface area contributed by atoms with E-state index in [0.29, 0.717) is 35.9 Å². The zero-order chi connectivity index (χ0) is 26.2. The monoisotopic (exact) mass is 499 g/mol. The van der Waals surface area contributed by atoms with Crippen LogP contribution in [0.3, 0.4) is 0 Å². The Morgan fingerprint density at radius 1 is 0.919 bits per heavy atom. The molecule has 8 heteroatoms. The molecule has 0 saturated carbocycles. The van der Waals surface area contributed by atoms with Crippen molar-refractivity contribution < 1.29 is 14.0 Å². The fourth-order valence-corrected chi connectivity index (χ4v) is 3.95. The molecule has 0 aliphatic heterocycles. The molecule has 3 aromatic carbocycles. The number of urea groups is 1. The summed E-state index contributed by atoms with van der Waals surface area (Å²) in [5.74, 6) is -0.313. The summed E-state index contributed by atoms with van der Waals surface area (Å²) >= 11 is 0. The summed E-state index contributed by atoms with van der Waals surface area (Å²) in [6.07, 6.45) is 1.55. The van der Waals surface area contributed by atoms with Crippen LogP contribution in [0.15, 0.2) is 84.9 Å². The van der Waals surface area contributed by atoms with Crippen molar-refractivity contribution >= 4 is 23.4 Å². The van der Waals surface area contributed by atoms with Crippen LogP contribution in [0, 0.1) is 5.82 Å². The smallest absolute Gasteiger partial charge is 0.315 e. The molecule has 3 amide bonds. The van der Waals surface area contributed by atoms with Crippen LogP contribution in [0.2, 0.25) is 0 Å². The zero-order valence-corrected chi connectivity index (χ0v) is 20.9. The summed E-state index contributed by atoms with van der Waals surface area (Å²) in [7, 11) is 0. The number of nitrogens with one attached hydrogen (secondary N) is 2. The molecule has 0 atom stereocenters. The van der Waals surface area contributed by atoms with Gasteiger partial charge in [-0.3, -0.25) is 4.79 Å². The predicted octanol–water partition coefficient (Wildman–Crippen LogP) is 6.12. The van der Waals surface area contributed by atoms with E-state index in [9.17, 15) is 14.0 Å². The first-order chi connectivity index (χ1) is 18.0. The molecule has 0 fully saturated rings. The summed E-state index contributed by atoms with van der Waals surface area (Å²) < 4.78 is 15.1. The molecule has 0 saturated heterocycles. The molecular weight excluding hydrogens is 469 g/mol. The maximum Gasteiger partial charge on any atom is 0.322 e. The minimum Gasteiger partial charge on any atom is -0.315 e.